The first-order chi connectivity index (χ1) is 7.57. The van der Waals surface area contributed by atoms with Crippen LogP contribution in [0.2, 0.25) is 0 Å². The monoisotopic (exact) mass is 262 g/mol. The van der Waals surface area contributed by atoms with Crippen molar-refractivity contribution < 1.29 is 13.2 Å². The first-order valence-corrected chi connectivity index (χ1v) is 7.71. The van der Waals surface area contributed by atoms with Gasteiger partial charge >= 0.3 is 0 Å². The lowest BCUT2D eigenvalue weighted by Gasteiger charge is -2.38. The summed E-state index contributed by atoms with van der Waals surface area (Å²) in [5.41, 5.74) is 5.92. The van der Waals surface area contributed by atoms with Crippen LogP contribution in [-0.4, -0.2) is 49.4 Å². The highest BCUT2D eigenvalue weighted by atomic mass is 32.2. The maximum atomic E-state index is 12.2. The second kappa shape index (κ2) is 4.57. The number of hydrogen-bond donors (Lipinski definition) is 1. The van der Waals surface area contributed by atoms with Crippen LogP contribution in [0.25, 0.3) is 0 Å². The van der Waals surface area contributed by atoms with Crippen molar-refractivity contribution >= 4 is 15.7 Å². The molecule has 1 saturated heterocycles. The van der Waals surface area contributed by atoms with Crippen molar-refractivity contribution in [1.29, 1.82) is 0 Å². The number of carbonyl (C=O) groups is 1. The predicted molar refractivity (Wildman–Crippen MR) is 67.3 cm³/mol. The number of nitrogens with two attached hydrogens (primary N) is 1. The topological polar surface area (TPSA) is 80.5 Å². The molecule has 1 rings (SSSR count). The third kappa shape index (κ3) is 2.80. The summed E-state index contributed by atoms with van der Waals surface area (Å²) in [6.45, 7) is 5.99. The Morgan fingerprint density at radius 2 is 1.94 bits per heavy atom. The van der Waals surface area contributed by atoms with Crippen molar-refractivity contribution in [1.82, 2.24) is 4.90 Å². The number of rotatable bonds is 2. The highest BCUT2D eigenvalue weighted by Crippen LogP contribution is 2.23. The molecule has 0 spiro atoms. The van der Waals surface area contributed by atoms with Crippen LogP contribution >= 0.6 is 0 Å². The molecule has 5 nitrogen and oxygen atoms in total. The molecule has 1 heterocycles. The number of carbonyl (C=O) groups excluding carboxylic acids is 1. The van der Waals surface area contributed by atoms with Crippen LogP contribution in [0.5, 0.6) is 0 Å². The standard InChI is InChI=1S/C11H22N2O3S/c1-8-5-6-13(7-9(8)12)10(14)11(2,3)17(4,15)16/h8-9H,5-7,12H2,1-4H3. The minimum Gasteiger partial charge on any atom is -0.340 e. The van der Waals surface area contributed by atoms with Crippen molar-refractivity contribution in [2.75, 3.05) is 19.3 Å². The predicted octanol–water partition coefficient (Wildman–Crippen LogP) is 0.00530. The molecular weight excluding hydrogens is 240 g/mol. The number of amides is 1. The van der Waals surface area contributed by atoms with Crippen LogP contribution in [0.3, 0.4) is 0 Å². The van der Waals surface area contributed by atoms with Gasteiger partial charge < -0.3 is 10.6 Å². The quantitative estimate of drug-likeness (QED) is 0.760. The van der Waals surface area contributed by atoms with Crippen molar-refractivity contribution in [2.45, 2.75) is 38.0 Å². The molecule has 0 saturated carbocycles. The zero-order valence-corrected chi connectivity index (χ0v) is 11.8. The van der Waals surface area contributed by atoms with Gasteiger partial charge in [-0.05, 0) is 26.2 Å². The molecular formula is C11H22N2O3S. The summed E-state index contributed by atoms with van der Waals surface area (Å²) in [6.07, 6.45) is 1.92. The van der Waals surface area contributed by atoms with Gasteiger partial charge in [-0.1, -0.05) is 6.92 Å². The molecule has 1 aliphatic rings. The fraction of sp³-hybridized carbons (Fsp3) is 0.909. The van der Waals surface area contributed by atoms with Gasteiger partial charge in [0.05, 0.1) is 0 Å². The lowest BCUT2D eigenvalue weighted by Crippen LogP contribution is -2.56. The van der Waals surface area contributed by atoms with E-state index in [1.54, 1.807) is 4.90 Å². The summed E-state index contributed by atoms with van der Waals surface area (Å²) in [4.78, 5) is 13.8. The Morgan fingerprint density at radius 1 is 1.41 bits per heavy atom. The number of hydrogen-bond acceptors (Lipinski definition) is 4. The minimum atomic E-state index is -3.41. The molecule has 0 radical (unpaired) electrons. The normalized spacial score (nSPS) is 27.0. The Hall–Kier alpha value is -0.620. The molecule has 1 amide bonds. The summed E-state index contributed by atoms with van der Waals surface area (Å²) in [6, 6.07) is -0.0666. The average molecular weight is 262 g/mol. The van der Waals surface area contributed by atoms with E-state index in [9.17, 15) is 13.2 Å². The molecule has 17 heavy (non-hydrogen) atoms. The van der Waals surface area contributed by atoms with Gasteiger partial charge in [0.2, 0.25) is 5.91 Å². The summed E-state index contributed by atoms with van der Waals surface area (Å²) in [5, 5.41) is 0. The second-order valence-electron chi connectivity index (χ2n) is 5.46. The van der Waals surface area contributed by atoms with Crippen LogP contribution in [0.4, 0.5) is 0 Å². The number of piperidine rings is 1. The smallest absolute Gasteiger partial charge is 0.243 e. The lowest BCUT2D eigenvalue weighted by atomic mass is 9.93. The molecule has 2 atom stereocenters. The van der Waals surface area contributed by atoms with Gasteiger partial charge in [-0.15, -0.1) is 0 Å². The summed E-state index contributed by atoms with van der Waals surface area (Å²) >= 11 is 0. The molecule has 6 heteroatoms. The summed E-state index contributed by atoms with van der Waals surface area (Å²) in [5.74, 6) is 0.0303. The number of sulfone groups is 1. The van der Waals surface area contributed by atoms with E-state index in [4.69, 9.17) is 5.73 Å². The summed E-state index contributed by atoms with van der Waals surface area (Å²) in [7, 11) is -3.41. The Bertz CT molecular complexity index is 403. The van der Waals surface area contributed by atoms with Gasteiger partial charge in [0.15, 0.2) is 9.84 Å². The summed E-state index contributed by atoms with van der Waals surface area (Å²) < 4.78 is 21.8. The van der Waals surface area contributed by atoms with Gasteiger partial charge in [0, 0.05) is 25.4 Å². The highest BCUT2D eigenvalue weighted by molar-refractivity contribution is 7.92. The molecule has 1 aliphatic heterocycles. The Morgan fingerprint density at radius 3 is 2.35 bits per heavy atom. The van der Waals surface area contributed by atoms with Crippen LogP contribution in [0, 0.1) is 5.92 Å². The third-order valence-corrected chi connectivity index (χ3v) is 5.77. The second-order valence-corrected chi connectivity index (χ2v) is 8.03. The largest absolute Gasteiger partial charge is 0.340 e. The van der Waals surface area contributed by atoms with Crippen molar-refractivity contribution in [3.05, 3.63) is 0 Å². The van der Waals surface area contributed by atoms with E-state index < -0.39 is 14.6 Å². The van der Waals surface area contributed by atoms with E-state index in [0.29, 0.717) is 19.0 Å². The molecule has 100 valence electrons. The first kappa shape index (κ1) is 14.4. The van der Waals surface area contributed by atoms with E-state index in [2.05, 4.69) is 0 Å². The zero-order valence-electron chi connectivity index (χ0n) is 10.9. The molecule has 0 aromatic carbocycles. The van der Waals surface area contributed by atoms with E-state index in [1.807, 2.05) is 6.92 Å². The average Bonchev–Trinajstić information content (AvgIpc) is 2.19. The Kier molecular flexibility index (Phi) is 3.88. The van der Waals surface area contributed by atoms with E-state index in [-0.39, 0.29) is 11.9 Å². The molecule has 2 N–H and O–H groups in total. The van der Waals surface area contributed by atoms with Crippen molar-refractivity contribution in [2.24, 2.45) is 11.7 Å². The lowest BCUT2D eigenvalue weighted by molar-refractivity contribution is -0.134. The van der Waals surface area contributed by atoms with Gasteiger partial charge in [0.1, 0.15) is 4.75 Å². The highest BCUT2D eigenvalue weighted by Gasteiger charge is 2.42. The van der Waals surface area contributed by atoms with E-state index >= 15 is 0 Å². The molecule has 0 aromatic rings. The molecule has 1 fully saturated rings. The van der Waals surface area contributed by atoms with Gasteiger partial charge in [-0.2, -0.15) is 0 Å². The Balaban J connectivity index is 2.85. The molecule has 0 aromatic heterocycles. The van der Waals surface area contributed by atoms with Gasteiger partial charge in [0.25, 0.3) is 0 Å². The number of nitrogens with zero attached hydrogens (tertiary/aromatic N) is 1. The van der Waals surface area contributed by atoms with Crippen LogP contribution < -0.4 is 5.73 Å². The molecule has 0 bridgehead atoms. The minimum absolute atomic E-state index is 0.0666. The zero-order chi connectivity index (χ0) is 13.4. The van der Waals surface area contributed by atoms with E-state index in [0.717, 1.165) is 12.7 Å². The SMILES string of the molecule is CC1CCN(C(=O)C(C)(C)S(C)(=O)=O)CC1N. The van der Waals surface area contributed by atoms with Gasteiger partial charge in [-0.25, -0.2) is 8.42 Å². The fourth-order valence-electron chi connectivity index (χ4n) is 1.82. The maximum Gasteiger partial charge on any atom is 0.243 e. The van der Waals surface area contributed by atoms with E-state index in [1.165, 1.54) is 13.8 Å². The Labute approximate surface area is 103 Å². The molecule has 2 unspecified atom stereocenters. The first-order valence-electron chi connectivity index (χ1n) is 5.82. The van der Waals surface area contributed by atoms with Crippen LogP contribution in [0.1, 0.15) is 27.2 Å². The van der Waals surface area contributed by atoms with Crippen molar-refractivity contribution in [3.63, 3.8) is 0 Å². The van der Waals surface area contributed by atoms with Crippen LogP contribution in [0.15, 0.2) is 0 Å². The maximum absolute atomic E-state index is 12.2. The fourth-order valence-corrected chi connectivity index (χ4v) is 2.27. The van der Waals surface area contributed by atoms with Crippen molar-refractivity contribution in [3.8, 4) is 0 Å². The third-order valence-electron chi connectivity index (χ3n) is 3.75. The van der Waals surface area contributed by atoms with Gasteiger partial charge in [-0.3, -0.25) is 4.79 Å². The molecule has 0 aliphatic carbocycles. The van der Waals surface area contributed by atoms with Crippen LogP contribution in [-0.2, 0) is 14.6 Å². The number of likely N-dealkylation sites (tertiary alicyclic amines) is 1.